The summed E-state index contributed by atoms with van der Waals surface area (Å²) in [7, 11) is 0. The molecule has 7 aromatic carbocycles. The van der Waals surface area contributed by atoms with Crippen molar-refractivity contribution in [2.45, 2.75) is 0 Å². The number of para-hydroxylation sites is 1. The van der Waals surface area contributed by atoms with Crippen LogP contribution in [0.4, 0.5) is 17.1 Å². The summed E-state index contributed by atoms with van der Waals surface area (Å²) in [4.78, 5) is 6.57. The Hall–Kier alpha value is -6.45. The van der Waals surface area contributed by atoms with Crippen molar-refractivity contribution in [1.29, 1.82) is 0 Å². The summed E-state index contributed by atoms with van der Waals surface area (Å²) in [5, 5.41) is 4.47. The van der Waals surface area contributed by atoms with Gasteiger partial charge in [-0.3, -0.25) is 4.98 Å². The second-order valence-electron chi connectivity index (χ2n) is 12.1. The Bertz CT molecular complexity index is 2520. The summed E-state index contributed by atoms with van der Waals surface area (Å²) in [6.07, 6.45) is 3.72. The van der Waals surface area contributed by atoms with Crippen LogP contribution in [-0.2, 0) is 0 Å². The molecule has 0 amide bonds. The fourth-order valence-corrected chi connectivity index (χ4v) is 6.65. The van der Waals surface area contributed by atoms with Crippen LogP contribution in [0.2, 0.25) is 0 Å². The Morgan fingerprint density at radius 1 is 0.375 bits per heavy atom. The van der Waals surface area contributed by atoms with Gasteiger partial charge in [0.2, 0.25) is 0 Å². The third kappa shape index (κ3) is 5.08. The first-order chi connectivity index (χ1) is 23.8. The summed E-state index contributed by atoms with van der Waals surface area (Å²) < 4.78 is 6.23. The Labute approximate surface area is 279 Å². The molecule has 2 heterocycles. The third-order valence-corrected chi connectivity index (χ3v) is 9.15. The number of rotatable bonds is 6. The zero-order valence-electron chi connectivity index (χ0n) is 26.1. The van der Waals surface area contributed by atoms with Crippen molar-refractivity contribution < 1.29 is 4.42 Å². The van der Waals surface area contributed by atoms with Gasteiger partial charge in [-0.2, -0.15) is 0 Å². The van der Waals surface area contributed by atoms with E-state index in [-0.39, 0.29) is 0 Å². The number of hydrogen-bond acceptors (Lipinski definition) is 3. The molecule has 3 heteroatoms. The van der Waals surface area contributed by atoms with Crippen LogP contribution in [0.25, 0.3) is 66.1 Å². The van der Waals surface area contributed by atoms with Crippen molar-refractivity contribution in [1.82, 2.24) is 4.98 Å². The minimum atomic E-state index is 0.881. The Balaban J connectivity index is 1.03. The molecule has 0 N–H and O–H groups in total. The van der Waals surface area contributed by atoms with Gasteiger partial charge in [0.25, 0.3) is 0 Å². The second-order valence-corrected chi connectivity index (χ2v) is 12.1. The van der Waals surface area contributed by atoms with Crippen LogP contribution in [0.3, 0.4) is 0 Å². The second kappa shape index (κ2) is 11.7. The van der Waals surface area contributed by atoms with Crippen molar-refractivity contribution in [3.63, 3.8) is 0 Å². The highest BCUT2D eigenvalue weighted by Gasteiger charge is 2.14. The quantitative estimate of drug-likeness (QED) is 0.187. The molecule has 226 valence electrons. The molecule has 0 spiro atoms. The lowest BCUT2D eigenvalue weighted by molar-refractivity contribution is 0.669. The molecule has 0 aliphatic heterocycles. The summed E-state index contributed by atoms with van der Waals surface area (Å²) >= 11 is 0. The minimum absolute atomic E-state index is 0.881. The number of fused-ring (bicyclic) bond motifs is 4. The van der Waals surface area contributed by atoms with Gasteiger partial charge in [-0.1, -0.05) is 103 Å². The van der Waals surface area contributed by atoms with Crippen molar-refractivity contribution in [2.75, 3.05) is 4.90 Å². The molecule has 0 aliphatic carbocycles. The lowest BCUT2D eigenvalue weighted by atomic mass is 10.00. The molecule has 0 unspecified atom stereocenters. The molecule has 0 saturated heterocycles. The van der Waals surface area contributed by atoms with E-state index < -0.39 is 0 Å². The number of anilines is 3. The molecule has 2 aromatic heterocycles. The Morgan fingerprint density at radius 3 is 1.52 bits per heavy atom. The van der Waals surface area contributed by atoms with Gasteiger partial charge >= 0.3 is 0 Å². The standard InChI is InChI=1S/C45H30N2O/c1-3-7-31(8-4-1)32-11-13-33(14-12-32)34-15-20-40(21-16-34)47(39-9-5-2-6-10-39)41-22-17-35(18-23-41)36-19-24-44-42(27-36)43-28-37-25-26-46-30-38(37)29-45(43)48-44/h1-30H. The van der Waals surface area contributed by atoms with Crippen LogP contribution in [-0.4, -0.2) is 4.98 Å². The predicted molar refractivity (Wildman–Crippen MR) is 200 cm³/mol. The average Bonchev–Trinajstić information content (AvgIpc) is 3.52. The first-order valence-corrected chi connectivity index (χ1v) is 16.2. The van der Waals surface area contributed by atoms with Crippen LogP contribution >= 0.6 is 0 Å². The molecular formula is C45H30N2O. The highest BCUT2D eigenvalue weighted by atomic mass is 16.3. The summed E-state index contributed by atoms with van der Waals surface area (Å²) in [6.45, 7) is 0. The number of aromatic nitrogens is 1. The van der Waals surface area contributed by atoms with Gasteiger partial charge in [-0.15, -0.1) is 0 Å². The number of hydrogen-bond donors (Lipinski definition) is 0. The van der Waals surface area contributed by atoms with Gasteiger partial charge in [-0.05, 0) is 105 Å². The highest BCUT2D eigenvalue weighted by molar-refractivity contribution is 6.10. The maximum Gasteiger partial charge on any atom is 0.136 e. The van der Waals surface area contributed by atoms with Crippen LogP contribution in [0.1, 0.15) is 0 Å². The first-order valence-electron chi connectivity index (χ1n) is 16.2. The van der Waals surface area contributed by atoms with Gasteiger partial charge in [0.05, 0.1) is 0 Å². The lowest BCUT2D eigenvalue weighted by Gasteiger charge is -2.26. The van der Waals surface area contributed by atoms with Crippen molar-refractivity contribution in [2.24, 2.45) is 0 Å². The summed E-state index contributed by atoms with van der Waals surface area (Å²) in [6, 6.07) is 60.3. The van der Waals surface area contributed by atoms with E-state index in [0.29, 0.717) is 0 Å². The van der Waals surface area contributed by atoms with E-state index in [0.717, 1.165) is 60.9 Å². The van der Waals surface area contributed by atoms with E-state index in [1.165, 1.54) is 22.3 Å². The van der Waals surface area contributed by atoms with E-state index in [1.54, 1.807) is 0 Å². The molecule has 0 fully saturated rings. The van der Waals surface area contributed by atoms with Crippen molar-refractivity contribution in [3.05, 3.63) is 182 Å². The third-order valence-electron chi connectivity index (χ3n) is 9.15. The zero-order valence-corrected chi connectivity index (χ0v) is 26.1. The monoisotopic (exact) mass is 614 g/mol. The molecule has 0 radical (unpaired) electrons. The molecule has 0 saturated carbocycles. The molecule has 48 heavy (non-hydrogen) atoms. The molecule has 0 aliphatic rings. The van der Waals surface area contributed by atoms with E-state index in [9.17, 15) is 0 Å². The normalized spacial score (nSPS) is 11.3. The first kappa shape index (κ1) is 27.8. The molecular weight excluding hydrogens is 585 g/mol. The average molecular weight is 615 g/mol. The van der Waals surface area contributed by atoms with E-state index in [4.69, 9.17) is 4.42 Å². The van der Waals surface area contributed by atoms with Gasteiger partial charge in [0.15, 0.2) is 0 Å². The van der Waals surface area contributed by atoms with E-state index in [2.05, 4.69) is 174 Å². The molecule has 3 nitrogen and oxygen atoms in total. The van der Waals surface area contributed by atoms with Gasteiger partial charge in [0.1, 0.15) is 11.2 Å². The maximum atomic E-state index is 6.23. The Morgan fingerprint density at radius 2 is 0.875 bits per heavy atom. The van der Waals surface area contributed by atoms with Crippen LogP contribution in [0.5, 0.6) is 0 Å². The Kier molecular flexibility index (Phi) is 6.80. The van der Waals surface area contributed by atoms with E-state index in [1.807, 2.05) is 18.5 Å². The van der Waals surface area contributed by atoms with E-state index >= 15 is 0 Å². The van der Waals surface area contributed by atoms with Gasteiger partial charge in [-0.25, -0.2) is 0 Å². The fourth-order valence-electron chi connectivity index (χ4n) is 6.65. The number of benzene rings is 7. The maximum absolute atomic E-state index is 6.23. The molecule has 0 bridgehead atoms. The lowest BCUT2D eigenvalue weighted by Crippen LogP contribution is -2.09. The minimum Gasteiger partial charge on any atom is -0.456 e. The van der Waals surface area contributed by atoms with Gasteiger partial charge in [0, 0.05) is 45.6 Å². The summed E-state index contributed by atoms with van der Waals surface area (Å²) in [5.74, 6) is 0. The van der Waals surface area contributed by atoms with Crippen LogP contribution < -0.4 is 4.90 Å². The SMILES string of the molecule is c1ccc(-c2ccc(-c3ccc(N(c4ccccc4)c4ccc(-c5ccc6oc7cc8cnccc8cc7c6c5)cc4)cc3)cc2)cc1. The molecule has 9 rings (SSSR count). The number of furan rings is 1. The molecule has 0 atom stereocenters. The van der Waals surface area contributed by atoms with Crippen molar-refractivity contribution in [3.8, 4) is 33.4 Å². The topological polar surface area (TPSA) is 29.3 Å². The number of nitrogens with zero attached hydrogens (tertiary/aromatic N) is 2. The fraction of sp³-hybridized carbons (Fsp3) is 0. The van der Waals surface area contributed by atoms with Crippen molar-refractivity contribution >= 4 is 49.8 Å². The number of pyridine rings is 1. The largest absolute Gasteiger partial charge is 0.456 e. The van der Waals surface area contributed by atoms with Gasteiger partial charge < -0.3 is 9.32 Å². The highest BCUT2D eigenvalue weighted by Crippen LogP contribution is 2.38. The predicted octanol–water partition coefficient (Wildman–Crippen LogP) is 12.6. The van der Waals surface area contributed by atoms with Crippen LogP contribution in [0, 0.1) is 0 Å². The molecule has 9 aromatic rings. The summed E-state index contributed by atoms with van der Waals surface area (Å²) in [5.41, 5.74) is 12.2. The zero-order chi connectivity index (χ0) is 31.9. The van der Waals surface area contributed by atoms with Crippen LogP contribution in [0.15, 0.2) is 187 Å². The smallest absolute Gasteiger partial charge is 0.136 e.